The zero-order valence-corrected chi connectivity index (χ0v) is 20.4. The molecular weight excluding hydrogens is 569 g/mol. The Hall–Kier alpha value is -3.26. The Morgan fingerprint density at radius 2 is 1.28 bits per heavy atom. The van der Waals surface area contributed by atoms with Gasteiger partial charge in [0.05, 0.1) is 5.82 Å². The third-order valence-electron chi connectivity index (χ3n) is 5.65. The van der Waals surface area contributed by atoms with Gasteiger partial charge in [0.15, 0.2) is 0 Å². The zero-order chi connectivity index (χ0) is 21.2. The molecule has 3 heteroatoms. The van der Waals surface area contributed by atoms with Crippen molar-refractivity contribution in [1.29, 1.82) is 0 Å². The van der Waals surface area contributed by atoms with E-state index in [1.54, 1.807) is 0 Å². The predicted molar refractivity (Wildman–Crippen MR) is 128 cm³/mol. The molecule has 0 N–H and O–H groups in total. The van der Waals surface area contributed by atoms with Crippen LogP contribution in [-0.2, 0) is 20.1 Å². The average molecular weight is 592 g/mol. The van der Waals surface area contributed by atoms with Gasteiger partial charge in [0, 0.05) is 38.2 Å². The van der Waals surface area contributed by atoms with Crippen LogP contribution in [0.3, 0.4) is 0 Å². The van der Waals surface area contributed by atoms with E-state index in [1.165, 1.54) is 39.1 Å². The average Bonchev–Trinajstić information content (AvgIpc) is 3.29. The van der Waals surface area contributed by atoms with Crippen LogP contribution in [0.15, 0.2) is 103 Å². The fourth-order valence-electron chi connectivity index (χ4n) is 4.20. The Balaban J connectivity index is 0.00000245. The molecule has 0 unspecified atom stereocenters. The van der Waals surface area contributed by atoms with Gasteiger partial charge in [-0.2, -0.15) is 0 Å². The van der Waals surface area contributed by atoms with E-state index >= 15 is 0 Å². The van der Waals surface area contributed by atoms with Crippen molar-refractivity contribution in [3.05, 3.63) is 121 Å². The van der Waals surface area contributed by atoms with Gasteiger partial charge in [-0.1, -0.05) is 54.6 Å². The molecular formula is C29H23IrN2-. The first-order chi connectivity index (χ1) is 15.2. The number of imidazole rings is 1. The van der Waals surface area contributed by atoms with Gasteiger partial charge in [-0.05, 0) is 59.4 Å². The summed E-state index contributed by atoms with van der Waals surface area (Å²) in [6.07, 6.45) is 3.88. The number of rotatable bonds is 4. The molecule has 0 bridgehead atoms. The molecule has 0 fully saturated rings. The van der Waals surface area contributed by atoms with Crippen molar-refractivity contribution in [3.63, 3.8) is 0 Å². The quantitative estimate of drug-likeness (QED) is 0.201. The fraction of sp³-hybridized carbons (Fsp3) is 0.0690. The molecule has 0 atom stereocenters. The molecule has 2 nitrogen and oxygen atoms in total. The summed E-state index contributed by atoms with van der Waals surface area (Å²) in [6.45, 7) is 4.34. The molecule has 5 aromatic rings. The van der Waals surface area contributed by atoms with Crippen molar-refractivity contribution in [2.24, 2.45) is 0 Å². The molecule has 1 radical (unpaired) electrons. The first kappa shape index (κ1) is 22.0. The number of aryl methyl sites for hydroxylation is 2. The molecule has 159 valence electrons. The summed E-state index contributed by atoms with van der Waals surface area (Å²) in [5.41, 5.74) is 9.53. The van der Waals surface area contributed by atoms with Crippen molar-refractivity contribution < 1.29 is 20.1 Å². The van der Waals surface area contributed by atoms with Gasteiger partial charge in [-0.15, -0.1) is 35.9 Å². The third kappa shape index (κ3) is 4.23. The second-order valence-corrected chi connectivity index (χ2v) is 7.80. The molecule has 0 saturated carbocycles. The van der Waals surface area contributed by atoms with Crippen LogP contribution >= 0.6 is 0 Å². The molecule has 0 aliphatic carbocycles. The second-order valence-electron chi connectivity index (χ2n) is 7.80. The van der Waals surface area contributed by atoms with Crippen LogP contribution in [0.2, 0.25) is 0 Å². The van der Waals surface area contributed by atoms with E-state index in [1.807, 2.05) is 42.7 Å². The first-order valence-corrected chi connectivity index (χ1v) is 10.5. The minimum atomic E-state index is 0. The standard InChI is InChI=1S/C29H23N2.Ir/c1-21-19-27(25-15-13-24(14-16-25)23-9-5-3-6-10-23)20-22(2)28(21)31-18-17-30-29(31)26-11-7-4-8-12-26;/h3-11,13-20H,1-2H3;/q-1;. The SMILES string of the molecule is Cc1cc(-c2ccc(-c3ccccc3)cc2)cc(C)c1-n1ccnc1-c1[c-]cccc1.[Ir]. The Kier molecular flexibility index (Phi) is 6.50. The molecule has 4 aromatic carbocycles. The van der Waals surface area contributed by atoms with E-state index in [0.717, 1.165) is 11.4 Å². The summed E-state index contributed by atoms with van der Waals surface area (Å²) in [4.78, 5) is 4.60. The van der Waals surface area contributed by atoms with Crippen LogP contribution in [-0.4, -0.2) is 9.55 Å². The van der Waals surface area contributed by atoms with Crippen molar-refractivity contribution >= 4 is 0 Å². The molecule has 0 saturated heterocycles. The van der Waals surface area contributed by atoms with Crippen molar-refractivity contribution in [1.82, 2.24) is 9.55 Å². The summed E-state index contributed by atoms with van der Waals surface area (Å²) in [6, 6.07) is 35.1. The van der Waals surface area contributed by atoms with Gasteiger partial charge in [-0.25, -0.2) is 0 Å². The molecule has 32 heavy (non-hydrogen) atoms. The van der Waals surface area contributed by atoms with Gasteiger partial charge < -0.3 is 4.57 Å². The normalized spacial score (nSPS) is 10.6. The minimum Gasteiger partial charge on any atom is -0.340 e. The van der Waals surface area contributed by atoms with Gasteiger partial charge in [-0.3, -0.25) is 4.98 Å². The maximum Gasteiger partial charge on any atom is 0.0602 e. The maximum absolute atomic E-state index is 4.60. The Bertz CT molecular complexity index is 1300. The van der Waals surface area contributed by atoms with Crippen LogP contribution in [0.4, 0.5) is 0 Å². The zero-order valence-electron chi connectivity index (χ0n) is 18.0. The third-order valence-corrected chi connectivity index (χ3v) is 5.65. The van der Waals surface area contributed by atoms with Crippen LogP contribution < -0.4 is 0 Å². The topological polar surface area (TPSA) is 17.8 Å². The van der Waals surface area contributed by atoms with E-state index in [9.17, 15) is 0 Å². The van der Waals surface area contributed by atoms with E-state index in [2.05, 4.69) is 90.1 Å². The largest absolute Gasteiger partial charge is 0.340 e. The molecule has 0 amide bonds. The summed E-state index contributed by atoms with van der Waals surface area (Å²) < 4.78 is 2.17. The number of aromatic nitrogens is 2. The van der Waals surface area contributed by atoms with Crippen LogP contribution in [0.5, 0.6) is 0 Å². The Labute approximate surface area is 203 Å². The molecule has 0 spiro atoms. The van der Waals surface area contributed by atoms with Gasteiger partial charge in [0.2, 0.25) is 0 Å². The molecule has 1 heterocycles. The van der Waals surface area contributed by atoms with E-state index in [0.29, 0.717) is 0 Å². The Morgan fingerprint density at radius 3 is 1.91 bits per heavy atom. The Morgan fingerprint density at radius 1 is 0.688 bits per heavy atom. The van der Waals surface area contributed by atoms with Crippen molar-refractivity contribution in [2.45, 2.75) is 13.8 Å². The van der Waals surface area contributed by atoms with Gasteiger partial charge in [0.25, 0.3) is 0 Å². The van der Waals surface area contributed by atoms with Gasteiger partial charge in [0.1, 0.15) is 0 Å². The van der Waals surface area contributed by atoms with E-state index < -0.39 is 0 Å². The number of benzene rings is 4. The predicted octanol–water partition coefficient (Wildman–Crippen LogP) is 7.29. The number of nitrogens with zero attached hydrogens (tertiary/aromatic N) is 2. The molecule has 0 aliphatic rings. The first-order valence-electron chi connectivity index (χ1n) is 10.5. The fourth-order valence-corrected chi connectivity index (χ4v) is 4.20. The number of hydrogen-bond acceptors (Lipinski definition) is 1. The monoisotopic (exact) mass is 592 g/mol. The van der Waals surface area contributed by atoms with E-state index in [-0.39, 0.29) is 20.1 Å². The van der Waals surface area contributed by atoms with Crippen LogP contribution in [0.25, 0.3) is 39.3 Å². The summed E-state index contributed by atoms with van der Waals surface area (Å²) >= 11 is 0. The smallest absolute Gasteiger partial charge is 0.0602 e. The molecule has 1 aromatic heterocycles. The number of hydrogen-bond donors (Lipinski definition) is 0. The van der Waals surface area contributed by atoms with Crippen molar-refractivity contribution in [2.75, 3.05) is 0 Å². The molecule has 5 rings (SSSR count). The van der Waals surface area contributed by atoms with Gasteiger partial charge >= 0.3 is 0 Å². The maximum atomic E-state index is 4.60. The van der Waals surface area contributed by atoms with E-state index in [4.69, 9.17) is 0 Å². The van der Waals surface area contributed by atoms with Crippen molar-refractivity contribution in [3.8, 4) is 39.3 Å². The van der Waals surface area contributed by atoms with Crippen LogP contribution in [0, 0.1) is 19.9 Å². The summed E-state index contributed by atoms with van der Waals surface area (Å²) in [5.74, 6) is 0.909. The second kappa shape index (κ2) is 9.48. The summed E-state index contributed by atoms with van der Waals surface area (Å²) in [5, 5.41) is 0. The summed E-state index contributed by atoms with van der Waals surface area (Å²) in [7, 11) is 0. The minimum absolute atomic E-state index is 0. The van der Waals surface area contributed by atoms with Crippen LogP contribution in [0.1, 0.15) is 11.1 Å². The molecule has 0 aliphatic heterocycles.